The number of fused-ring (bicyclic) bond motifs is 1. The molecule has 0 spiro atoms. The molecule has 1 aliphatic rings. The van der Waals surface area contributed by atoms with Crippen molar-refractivity contribution >= 4 is 15.6 Å². The molecule has 0 saturated carbocycles. The molecule has 0 atom stereocenters. The Morgan fingerprint density at radius 1 is 1.31 bits per heavy atom. The first-order valence-electron chi connectivity index (χ1n) is 3.61. The van der Waals surface area contributed by atoms with Gasteiger partial charge in [-0.1, -0.05) is 0 Å². The second kappa shape index (κ2) is 2.59. The molecule has 0 radical (unpaired) electrons. The Bertz CT molecular complexity index is 466. The highest BCUT2D eigenvalue weighted by molar-refractivity contribution is 7.91. The summed E-state index contributed by atoms with van der Waals surface area (Å²) in [7, 11) is -3.29. The van der Waals surface area contributed by atoms with Gasteiger partial charge in [-0.3, -0.25) is 4.79 Å². The topological polar surface area (TPSA) is 77.0 Å². The van der Waals surface area contributed by atoms with E-state index in [4.69, 9.17) is 0 Å². The van der Waals surface area contributed by atoms with Gasteiger partial charge in [-0.05, 0) is 0 Å². The van der Waals surface area contributed by atoms with E-state index >= 15 is 0 Å². The van der Waals surface area contributed by atoms with Crippen LogP contribution in [0.4, 0.5) is 0 Å². The summed E-state index contributed by atoms with van der Waals surface area (Å²) >= 11 is 0. The van der Waals surface area contributed by atoms with E-state index in [1.165, 1.54) is 12.5 Å². The van der Waals surface area contributed by atoms with E-state index in [0.29, 0.717) is 11.3 Å². The van der Waals surface area contributed by atoms with Crippen molar-refractivity contribution in [2.24, 2.45) is 0 Å². The van der Waals surface area contributed by atoms with Crippen LogP contribution in [0.25, 0.3) is 0 Å². The molecule has 0 N–H and O–H groups in total. The van der Waals surface area contributed by atoms with Gasteiger partial charge >= 0.3 is 0 Å². The minimum atomic E-state index is -3.29. The smallest absolute Gasteiger partial charge is 0.181 e. The summed E-state index contributed by atoms with van der Waals surface area (Å²) in [6, 6.07) is 0. The Morgan fingerprint density at radius 3 is 2.85 bits per heavy atom. The number of ketones is 1. The molecule has 13 heavy (non-hydrogen) atoms. The Labute approximate surface area is 74.7 Å². The molecule has 0 fully saturated rings. The van der Waals surface area contributed by atoms with Gasteiger partial charge in [0.15, 0.2) is 15.6 Å². The van der Waals surface area contributed by atoms with Gasteiger partial charge in [0.25, 0.3) is 0 Å². The fraction of sp³-hybridized carbons (Fsp3) is 0.286. The summed E-state index contributed by atoms with van der Waals surface area (Å²) in [6.45, 7) is 0. The summed E-state index contributed by atoms with van der Waals surface area (Å²) in [5, 5.41) is 0. The van der Waals surface area contributed by atoms with Crippen molar-refractivity contribution in [2.45, 2.75) is 5.75 Å². The molecule has 0 aromatic carbocycles. The molecule has 2 heterocycles. The molecule has 0 aliphatic carbocycles. The van der Waals surface area contributed by atoms with Gasteiger partial charge in [-0.15, -0.1) is 0 Å². The lowest BCUT2D eigenvalue weighted by Crippen LogP contribution is -2.26. The maximum atomic E-state index is 11.2. The molecule has 68 valence electrons. The normalized spacial score (nSPS) is 19.5. The molecule has 0 saturated heterocycles. The van der Waals surface area contributed by atoms with Crippen LogP contribution < -0.4 is 0 Å². The molecule has 0 amide bonds. The molecule has 0 unspecified atom stereocenters. The zero-order valence-corrected chi connectivity index (χ0v) is 7.41. The van der Waals surface area contributed by atoms with E-state index in [-0.39, 0.29) is 5.75 Å². The van der Waals surface area contributed by atoms with Crippen LogP contribution in [-0.2, 0) is 15.6 Å². The third-order valence-corrected chi connectivity index (χ3v) is 3.22. The van der Waals surface area contributed by atoms with Crippen molar-refractivity contribution < 1.29 is 13.2 Å². The Kier molecular flexibility index (Phi) is 1.66. The number of aromatic nitrogens is 2. The van der Waals surface area contributed by atoms with Crippen molar-refractivity contribution in [3.63, 3.8) is 0 Å². The van der Waals surface area contributed by atoms with Crippen LogP contribution in [0.2, 0.25) is 0 Å². The number of Topliss-reactive ketones (excluding diaryl/α,β-unsaturated/α-hetero) is 1. The van der Waals surface area contributed by atoms with Crippen LogP contribution in [0.3, 0.4) is 0 Å². The molecule has 1 aromatic rings. The molecular weight excluding hydrogens is 192 g/mol. The molecule has 5 nitrogen and oxygen atoms in total. The first-order chi connectivity index (χ1) is 6.08. The monoisotopic (exact) mass is 198 g/mol. The van der Waals surface area contributed by atoms with Crippen LogP contribution in [0.15, 0.2) is 12.5 Å². The van der Waals surface area contributed by atoms with Crippen LogP contribution in [-0.4, -0.2) is 29.9 Å². The van der Waals surface area contributed by atoms with Gasteiger partial charge in [-0.2, -0.15) is 0 Å². The molecule has 1 aliphatic heterocycles. The highest BCUT2D eigenvalue weighted by Crippen LogP contribution is 2.16. The SMILES string of the molecule is O=C1CS(=O)(=O)Cc2ncncc21. The average Bonchev–Trinajstić information content (AvgIpc) is 2.02. The number of sulfone groups is 1. The largest absolute Gasteiger partial charge is 0.293 e. The minimum absolute atomic E-state index is 0.156. The second-order valence-corrected chi connectivity index (χ2v) is 4.90. The summed E-state index contributed by atoms with van der Waals surface area (Å²) in [5.41, 5.74) is 0.642. The number of hydrogen-bond acceptors (Lipinski definition) is 5. The number of carbonyl (C=O) groups excluding carboxylic acids is 1. The maximum absolute atomic E-state index is 11.2. The standard InChI is InChI=1S/C7H6N2O3S/c10-7-3-13(11,12)2-6-5(7)1-8-4-9-6/h1,4H,2-3H2. The molecule has 1 aromatic heterocycles. The van der Waals surface area contributed by atoms with Gasteiger partial charge in [0.2, 0.25) is 0 Å². The molecular formula is C7H6N2O3S. The van der Waals surface area contributed by atoms with Gasteiger partial charge in [-0.25, -0.2) is 18.4 Å². The summed E-state index contributed by atoms with van der Waals surface area (Å²) in [6.07, 6.45) is 2.60. The minimum Gasteiger partial charge on any atom is -0.293 e. The van der Waals surface area contributed by atoms with E-state index in [2.05, 4.69) is 9.97 Å². The van der Waals surface area contributed by atoms with E-state index in [0.717, 1.165) is 0 Å². The van der Waals surface area contributed by atoms with Gasteiger partial charge in [0.1, 0.15) is 12.1 Å². The van der Waals surface area contributed by atoms with Crippen LogP contribution in [0.5, 0.6) is 0 Å². The number of hydrogen-bond donors (Lipinski definition) is 0. The van der Waals surface area contributed by atoms with Crippen LogP contribution in [0, 0.1) is 0 Å². The predicted octanol–water partition coefficient (Wildman–Crippen LogP) is -0.412. The number of nitrogens with zero attached hydrogens (tertiary/aromatic N) is 2. The predicted molar refractivity (Wildman–Crippen MR) is 43.9 cm³/mol. The number of rotatable bonds is 0. The maximum Gasteiger partial charge on any atom is 0.181 e. The Morgan fingerprint density at radius 2 is 2.08 bits per heavy atom. The van der Waals surface area contributed by atoms with E-state index in [1.807, 2.05) is 0 Å². The van der Waals surface area contributed by atoms with Gasteiger partial charge in [0.05, 0.1) is 17.0 Å². The van der Waals surface area contributed by atoms with Crippen molar-refractivity contribution in [2.75, 3.05) is 5.75 Å². The van der Waals surface area contributed by atoms with Crippen LogP contribution >= 0.6 is 0 Å². The Balaban J connectivity index is 2.61. The van der Waals surface area contributed by atoms with Crippen molar-refractivity contribution in [3.8, 4) is 0 Å². The zero-order chi connectivity index (χ0) is 9.47. The van der Waals surface area contributed by atoms with Gasteiger partial charge in [0, 0.05) is 6.20 Å². The lowest BCUT2D eigenvalue weighted by Gasteiger charge is -2.12. The molecule has 0 bridgehead atoms. The van der Waals surface area contributed by atoms with E-state index < -0.39 is 21.4 Å². The quantitative estimate of drug-likeness (QED) is 0.566. The van der Waals surface area contributed by atoms with Crippen molar-refractivity contribution in [3.05, 3.63) is 23.8 Å². The fourth-order valence-corrected chi connectivity index (χ4v) is 2.54. The first kappa shape index (κ1) is 8.31. The van der Waals surface area contributed by atoms with E-state index in [9.17, 15) is 13.2 Å². The summed E-state index contributed by atoms with van der Waals surface area (Å²) < 4.78 is 22.3. The van der Waals surface area contributed by atoms with Crippen molar-refractivity contribution in [1.82, 2.24) is 9.97 Å². The van der Waals surface area contributed by atoms with Crippen LogP contribution in [0.1, 0.15) is 16.1 Å². The summed E-state index contributed by atoms with van der Waals surface area (Å²) in [5.74, 6) is -0.994. The Hall–Kier alpha value is -1.30. The highest BCUT2D eigenvalue weighted by atomic mass is 32.2. The molecule has 6 heteroatoms. The third kappa shape index (κ3) is 1.44. The molecule has 2 rings (SSSR count). The first-order valence-corrected chi connectivity index (χ1v) is 5.43. The lowest BCUT2D eigenvalue weighted by molar-refractivity contribution is 0.101. The number of carbonyl (C=O) groups is 1. The summed E-state index contributed by atoms with van der Waals surface area (Å²) in [4.78, 5) is 18.7. The van der Waals surface area contributed by atoms with E-state index in [1.54, 1.807) is 0 Å². The zero-order valence-electron chi connectivity index (χ0n) is 6.60. The second-order valence-electron chi connectivity index (χ2n) is 2.84. The lowest BCUT2D eigenvalue weighted by atomic mass is 10.2. The van der Waals surface area contributed by atoms with Crippen molar-refractivity contribution in [1.29, 1.82) is 0 Å². The third-order valence-electron chi connectivity index (χ3n) is 1.80. The fourth-order valence-electron chi connectivity index (χ4n) is 1.24. The highest BCUT2D eigenvalue weighted by Gasteiger charge is 2.28. The van der Waals surface area contributed by atoms with Gasteiger partial charge < -0.3 is 0 Å². The average molecular weight is 198 g/mol.